The van der Waals surface area contributed by atoms with Crippen molar-refractivity contribution in [2.45, 2.75) is 33.2 Å². The predicted molar refractivity (Wildman–Crippen MR) is 127 cm³/mol. The van der Waals surface area contributed by atoms with Gasteiger partial charge >= 0.3 is 0 Å². The number of amides is 2. The summed E-state index contributed by atoms with van der Waals surface area (Å²) in [5.74, 6) is -0.0246. The van der Waals surface area contributed by atoms with Crippen LogP contribution in [0.25, 0.3) is 0 Å². The molecule has 172 valence electrons. The van der Waals surface area contributed by atoms with Gasteiger partial charge in [-0.05, 0) is 42.7 Å². The van der Waals surface area contributed by atoms with Crippen LogP contribution in [0.5, 0.6) is 11.5 Å². The summed E-state index contributed by atoms with van der Waals surface area (Å²) in [6.45, 7) is 6.15. The van der Waals surface area contributed by atoms with E-state index in [1.165, 1.54) is 18.3 Å². The first-order valence-electron chi connectivity index (χ1n) is 10.2. The van der Waals surface area contributed by atoms with Gasteiger partial charge in [0.2, 0.25) is 0 Å². The van der Waals surface area contributed by atoms with Crippen LogP contribution in [-0.2, 0) is 4.79 Å². The van der Waals surface area contributed by atoms with Crippen molar-refractivity contribution >= 4 is 41.2 Å². The van der Waals surface area contributed by atoms with Crippen LogP contribution in [0.2, 0.25) is 10.0 Å². The van der Waals surface area contributed by atoms with E-state index in [0.29, 0.717) is 28.7 Å². The minimum absolute atomic E-state index is 0.194. The third kappa shape index (κ3) is 6.87. The molecule has 0 aromatic heterocycles. The second-order valence-electron chi connectivity index (χ2n) is 7.28. The van der Waals surface area contributed by atoms with Gasteiger partial charge in [0, 0.05) is 10.6 Å². The van der Waals surface area contributed by atoms with Gasteiger partial charge in [-0.2, -0.15) is 5.10 Å². The van der Waals surface area contributed by atoms with Crippen molar-refractivity contribution in [3.05, 3.63) is 57.6 Å². The van der Waals surface area contributed by atoms with E-state index in [0.717, 1.165) is 6.42 Å². The highest BCUT2D eigenvalue weighted by Gasteiger charge is 2.25. The summed E-state index contributed by atoms with van der Waals surface area (Å²) >= 11 is 12.0. The van der Waals surface area contributed by atoms with Crippen LogP contribution in [0.15, 0.2) is 41.5 Å². The number of para-hydroxylation sites is 1. The Morgan fingerprint density at radius 2 is 1.94 bits per heavy atom. The lowest BCUT2D eigenvalue weighted by Crippen LogP contribution is -2.48. The number of carbonyl (C=O) groups excluding carboxylic acids is 2. The fraction of sp³-hybridized carbons (Fsp3) is 0.348. The van der Waals surface area contributed by atoms with Crippen LogP contribution < -0.4 is 20.2 Å². The summed E-state index contributed by atoms with van der Waals surface area (Å²) in [6, 6.07) is 9.10. The Morgan fingerprint density at radius 3 is 2.56 bits per heavy atom. The van der Waals surface area contributed by atoms with Gasteiger partial charge in [-0.25, -0.2) is 5.43 Å². The topological polar surface area (TPSA) is 89.0 Å². The first-order valence-corrected chi connectivity index (χ1v) is 10.9. The number of hydrazone groups is 1. The molecule has 0 bridgehead atoms. The largest absolute Gasteiger partial charge is 0.493 e. The fourth-order valence-electron chi connectivity index (χ4n) is 2.82. The zero-order valence-corrected chi connectivity index (χ0v) is 20.0. The van der Waals surface area contributed by atoms with Crippen molar-refractivity contribution in [3.63, 3.8) is 0 Å². The molecule has 0 spiro atoms. The number of methoxy groups -OCH3 is 1. The second kappa shape index (κ2) is 12.3. The van der Waals surface area contributed by atoms with Crippen molar-refractivity contribution in [2.24, 2.45) is 11.0 Å². The Morgan fingerprint density at radius 1 is 1.19 bits per heavy atom. The average molecular weight is 480 g/mol. The lowest BCUT2D eigenvalue weighted by Gasteiger charge is -2.20. The van der Waals surface area contributed by atoms with E-state index in [1.54, 1.807) is 31.4 Å². The van der Waals surface area contributed by atoms with Crippen LogP contribution in [0.1, 0.15) is 43.1 Å². The number of rotatable bonds is 10. The van der Waals surface area contributed by atoms with Gasteiger partial charge in [0.05, 0.1) is 30.5 Å². The molecule has 7 nitrogen and oxygen atoms in total. The number of nitrogens with one attached hydrogen (secondary N) is 2. The third-order valence-corrected chi connectivity index (χ3v) is 5.02. The first-order chi connectivity index (χ1) is 15.3. The number of hydrogen-bond donors (Lipinski definition) is 2. The molecule has 1 atom stereocenters. The molecule has 2 N–H and O–H groups in total. The van der Waals surface area contributed by atoms with Crippen LogP contribution in [0.4, 0.5) is 0 Å². The summed E-state index contributed by atoms with van der Waals surface area (Å²) in [6.07, 6.45) is 2.31. The van der Waals surface area contributed by atoms with Crippen LogP contribution >= 0.6 is 23.2 Å². The maximum absolute atomic E-state index is 12.7. The van der Waals surface area contributed by atoms with Gasteiger partial charge in [-0.1, -0.05) is 50.0 Å². The van der Waals surface area contributed by atoms with E-state index in [4.69, 9.17) is 32.7 Å². The van der Waals surface area contributed by atoms with E-state index in [9.17, 15) is 9.59 Å². The Bertz CT molecular complexity index is 980. The van der Waals surface area contributed by atoms with Crippen LogP contribution in [0, 0.1) is 5.92 Å². The second-order valence-corrected chi connectivity index (χ2v) is 8.12. The first kappa shape index (κ1) is 25.5. The van der Waals surface area contributed by atoms with Crippen LogP contribution in [-0.4, -0.2) is 37.8 Å². The zero-order valence-electron chi connectivity index (χ0n) is 18.4. The normalized spacial score (nSPS) is 12.0. The molecule has 0 aliphatic heterocycles. The van der Waals surface area contributed by atoms with E-state index in [-0.39, 0.29) is 16.5 Å². The van der Waals surface area contributed by atoms with Gasteiger partial charge in [0.15, 0.2) is 11.5 Å². The molecule has 2 aromatic rings. The molecule has 2 rings (SSSR count). The Balaban J connectivity index is 2.12. The summed E-state index contributed by atoms with van der Waals surface area (Å²) < 4.78 is 11.1. The number of benzene rings is 2. The van der Waals surface area contributed by atoms with Crippen molar-refractivity contribution in [2.75, 3.05) is 13.7 Å². The maximum atomic E-state index is 12.7. The molecule has 0 heterocycles. The SMILES string of the molecule is CCCOc1c(C=NNC(=O)C(NC(=O)c2ccc(Cl)cc2Cl)C(C)C)cccc1OC. The molecule has 2 aromatic carbocycles. The van der Waals surface area contributed by atoms with Crippen molar-refractivity contribution in [3.8, 4) is 11.5 Å². The van der Waals surface area contributed by atoms with Gasteiger partial charge in [0.25, 0.3) is 11.8 Å². The summed E-state index contributed by atoms with van der Waals surface area (Å²) in [5, 5.41) is 7.36. The van der Waals surface area contributed by atoms with Crippen molar-refractivity contribution in [1.29, 1.82) is 0 Å². The minimum Gasteiger partial charge on any atom is -0.493 e. The van der Waals surface area contributed by atoms with E-state index in [2.05, 4.69) is 15.8 Å². The molecular formula is C23H27Cl2N3O4. The van der Waals surface area contributed by atoms with Gasteiger partial charge in [0.1, 0.15) is 6.04 Å². The molecule has 0 aliphatic rings. The van der Waals surface area contributed by atoms with Gasteiger partial charge in [-0.15, -0.1) is 0 Å². The van der Waals surface area contributed by atoms with E-state index < -0.39 is 17.9 Å². The van der Waals surface area contributed by atoms with Gasteiger partial charge in [-0.3, -0.25) is 9.59 Å². The highest BCUT2D eigenvalue weighted by Crippen LogP contribution is 2.30. The van der Waals surface area contributed by atoms with Crippen molar-refractivity contribution in [1.82, 2.24) is 10.7 Å². The molecule has 9 heteroatoms. The highest BCUT2D eigenvalue weighted by atomic mass is 35.5. The predicted octanol–water partition coefficient (Wildman–Crippen LogP) is 4.70. The van der Waals surface area contributed by atoms with Crippen LogP contribution in [0.3, 0.4) is 0 Å². The average Bonchev–Trinajstić information content (AvgIpc) is 2.75. The maximum Gasteiger partial charge on any atom is 0.262 e. The molecule has 0 fully saturated rings. The van der Waals surface area contributed by atoms with E-state index >= 15 is 0 Å². The number of ether oxygens (including phenoxy) is 2. The molecule has 0 radical (unpaired) electrons. The standard InChI is InChI=1S/C23H27Cl2N3O4/c1-5-11-32-21-15(7-6-8-19(21)31-4)13-26-28-23(30)20(14(2)3)27-22(29)17-10-9-16(24)12-18(17)25/h6-10,12-14,20H,5,11H2,1-4H3,(H,27,29)(H,28,30). The molecule has 32 heavy (non-hydrogen) atoms. The highest BCUT2D eigenvalue weighted by molar-refractivity contribution is 6.36. The molecule has 0 aliphatic carbocycles. The van der Waals surface area contributed by atoms with Crippen molar-refractivity contribution < 1.29 is 19.1 Å². The number of halogens is 2. The Labute approximate surface area is 198 Å². The Kier molecular flexibility index (Phi) is 9.81. The zero-order chi connectivity index (χ0) is 23.7. The quantitative estimate of drug-likeness (QED) is 0.381. The number of hydrogen-bond acceptors (Lipinski definition) is 5. The summed E-state index contributed by atoms with van der Waals surface area (Å²) in [4.78, 5) is 25.3. The summed E-state index contributed by atoms with van der Waals surface area (Å²) in [7, 11) is 1.56. The van der Waals surface area contributed by atoms with Gasteiger partial charge < -0.3 is 14.8 Å². The lowest BCUT2D eigenvalue weighted by molar-refractivity contribution is -0.123. The summed E-state index contributed by atoms with van der Waals surface area (Å²) in [5.41, 5.74) is 3.36. The smallest absolute Gasteiger partial charge is 0.262 e. The molecule has 2 amide bonds. The molecule has 1 unspecified atom stereocenters. The third-order valence-electron chi connectivity index (χ3n) is 4.47. The monoisotopic (exact) mass is 479 g/mol. The number of carbonyl (C=O) groups is 2. The molecular weight excluding hydrogens is 453 g/mol. The molecule has 0 saturated carbocycles. The lowest BCUT2D eigenvalue weighted by atomic mass is 10.0. The minimum atomic E-state index is -0.826. The number of nitrogens with zero attached hydrogens (tertiary/aromatic N) is 1. The molecule has 0 saturated heterocycles. The van der Waals surface area contributed by atoms with E-state index in [1.807, 2.05) is 20.8 Å². The fourth-order valence-corrected chi connectivity index (χ4v) is 3.31. The Hall–Kier alpha value is -2.77.